The van der Waals surface area contributed by atoms with Crippen molar-refractivity contribution in [1.82, 2.24) is 0 Å². The van der Waals surface area contributed by atoms with Crippen molar-refractivity contribution in [2.24, 2.45) is 0 Å². The van der Waals surface area contributed by atoms with Crippen molar-refractivity contribution in [1.29, 1.82) is 0 Å². The van der Waals surface area contributed by atoms with Gasteiger partial charge in [0, 0.05) is 13.2 Å². The van der Waals surface area contributed by atoms with E-state index in [0.29, 0.717) is 30.8 Å². The smallest absolute Gasteiger partial charge is 0.268 e. The maximum atomic E-state index is 12.3. The number of likely N-dealkylation sites (N-methyl/N-ethyl adjacent to an activating group) is 1. The van der Waals surface area contributed by atoms with E-state index in [1.165, 1.54) is 173 Å². The summed E-state index contributed by atoms with van der Waals surface area (Å²) >= 11 is 0. The maximum Gasteiger partial charge on any atom is 0.268 e. The topological polar surface area (TPSA) is 77.1 Å². The number of hydrogen-bond acceptors (Lipinski definition) is 6. The van der Waals surface area contributed by atoms with Gasteiger partial charge in [0.2, 0.25) is 0 Å². The van der Waals surface area contributed by atoms with Crippen LogP contribution in [0.25, 0.3) is 0 Å². The number of rotatable bonds is 7. The fraction of sp³-hybridized carbons (Fsp3) is 1.00. The van der Waals surface area contributed by atoms with E-state index in [4.69, 9.17) is 18.5 Å². The quantitative estimate of drug-likeness (QED) is 0.194. The number of nitrogens with zero attached hydrogens (tertiary/aromatic N) is 1. The molecule has 2 atom stereocenters. The minimum absolute atomic E-state index is 0.0643. The van der Waals surface area contributed by atoms with Gasteiger partial charge in [0.15, 0.2) is 0 Å². The van der Waals surface area contributed by atoms with Gasteiger partial charge in [-0.05, 0) is 12.8 Å². The Kier molecular flexibility index (Phi) is 31.5. The molecule has 1 heterocycles. The van der Waals surface area contributed by atoms with Gasteiger partial charge in [0.05, 0.1) is 34.4 Å². The predicted molar refractivity (Wildman–Crippen MR) is 201 cm³/mol. The third-order valence-electron chi connectivity index (χ3n) is 9.77. The van der Waals surface area contributed by atoms with Gasteiger partial charge in [-0.2, -0.15) is 0 Å². The number of ether oxygens (including phenoxy) is 2. The largest absolute Gasteiger partial charge is 0.756 e. The van der Waals surface area contributed by atoms with Gasteiger partial charge in [0.25, 0.3) is 7.82 Å². The molecule has 0 aromatic carbocycles. The highest BCUT2D eigenvalue weighted by Gasteiger charge is 2.18. The first-order chi connectivity index (χ1) is 23.3. The molecule has 1 aliphatic rings. The van der Waals surface area contributed by atoms with Crippen LogP contribution in [0.3, 0.4) is 0 Å². The highest BCUT2D eigenvalue weighted by Crippen LogP contribution is 2.38. The highest BCUT2D eigenvalue weighted by molar-refractivity contribution is 7.45. The zero-order valence-electron chi connectivity index (χ0n) is 32.4. The summed E-state index contributed by atoms with van der Waals surface area (Å²) in [6.07, 6.45) is 40.2. The predicted octanol–water partition coefficient (Wildman–Crippen LogP) is 11.3. The molecule has 0 aromatic rings. The van der Waals surface area contributed by atoms with Gasteiger partial charge < -0.3 is 27.9 Å². The summed E-state index contributed by atoms with van der Waals surface area (Å²) in [7, 11) is 1.62. The fourth-order valence-electron chi connectivity index (χ4n) is 6.50. The monoisotopic (exact) mass is 704 g/mol. The molecule has 1 saturated heterocycles. The number of quaternary nitrogens is 1. The first-order valence-electron chi connectivity index (χ1n) is 20.9. The van der Waals surface area contributed by atoms with E-state index in [1.807, 2.05) is 21.1 Å². The van der Waals surface area contributed by atoms with E-state index in [-0.39, 0.29) is 13.2 Å². The Morgan fingerprint density at radius 2 is 0.833 bits per heavy atom. The van der Waals surface area contributed by atoms with Crippen molar-refractivity contribution in [2.75, 3.05) is 60.7 Å². The Bertz CT molecular complexity index is 682. The second-order valence-corrected chi connectivity index (χ2v) is 17.2. The van der Waals surface area contributed by atoms with Crippen molar-refractivity contribution < 1.29 is 32.5 Å². The lowest BCUT2D eigenvalue weighted by Crippen LogP contribution is -2.37. The maximum absolute atomic E-state index is 12.3. The number of phosphoric ester groups is 1. The lowest BCUT2D eigenvalue weighted by molar-refractivity contribution is -0.870. The molecule has 0 bridgehead atoms. The summed E-state index contributed by atoms with van der Waals surface area (Å²) < 4.78 is 35.3. The Balaban J connectivity index is 2.35. The van der Waals surface area contributed by atoms with E-state index >= 15 is 0 Å². The molecule has 0 aliphatic carbocycles. The molecule has 0 amide bonds. The minimum Gasteiger partial charge on any atom is -0.756 e. The molecular weight excluding hydrogens is 621 g/mol. The third-order valence-corrected chi connectivity index (χ3v) is 10.7. The Morgan fingerprint density at radius 1 is 0.521 bits per heavy atom. The van der Waals surface area contributed by atoms with E-state index < -0.39 is 13.9 Å². The van der Waals surface area contributed by atoms with Crippen molar-refractivity contribution >= 4 is 7.82 Å². The van der Waals surface area contributed by atoms with Crippen LogP contribution in [0.2, 0.25) is 0 Å². The first kappa shape index (κ1) is 46.0. The molecule has 0 saturated carbocycles. The van der Waals surface area contributed by atoms with Crippen LogP contribution >= 0.6 is 7.82 Å². The van der Waals surface area contributed by atoms with Crippen LogP contribution in [0.1, 0.15) is 193 Å². The summed E-state index contributed by atoms with van der Waals surface area (Å²) in [5.41, 5.74) is 0. The van der Waals surface area contributed by atoms with E-state index in [9.17, 15) is 9.46 Å². The lowest BCUT2D eigenvalue weighted by atomic mass is 10.0. The van der Waals surface area contributed by atoms with E-state index in [0.717, 1.165) is 19.3 Å². The van der Waals surface area contributed by atoms with Crippen molar-refractivity contribution in [3.05, 3.63) is 0 Å². The van der Waals surface area contributed by atoms with Crippen molar-refractivity contribution in [2.45, 2.75) is 199 Å². The summed E-state index contributed by atoms with van der Waals surface area (Å²) in [4.78, 5) is 12.3. The van der Waals surface area contributed by atoms with Crippen LogP contribution in [0.4, 0.5) is 0 Å². The van der Waals surface area contributed by atoms with Crippen LogP contribution in [0.5, 0.6) is 0 Å². The zero-order valence-corrected chi connectivity index (χ0v) is 33.3. The number of hydrogen-bond donors (Lipinski definition) is 0. The molecule has 1 rings (SSSR count). The fourth-order valence-corrected chi connectivity index (χ4v) is 7.23. The molecule has 1 aliphatic heterocycles. The van der Waals surface area contributed by atoms with Gasteiger partial charge >= 0.3 is 0 Å². The summed E-state index contributed by atoms with van der Waals surface area (Å²) in [6, 6.07) is 0. The molecule has 0 N–H and O–H groups in total. The average Bonchev–Trinajstić information content (AvgIpc) is 3.03. The summed E-state index contributed by atoms with van der Waals surface area (Å²) in [5.74, 6) is 0. The summed E-state index contributed by atoms with van der Waals surface area (Å²) in [5, 5.41) is 0. The molecule has 0 aromatic heterocycles. The first-order valence-corrected chi connectivity index (χ1v) is 22.3. The molecule has 1 fully saturated rings. The van der Waals surface area contributed by atoms with Gasteiger partial charge in [-0.25, -0.2) is 0 Å². The summed E-state index contributed by atoms with van der Waals surface area (Å²) in [6.45, 7) is 2.24. The Morgan fingerprint density at radius 3 is 1.17 bits per heavy atom. The lowest BCUT2D eigenvalue weighted by Gasteiger charge is -2.28. The molecule has 8 heteroatoms. The Labute approximate surface area is 299 Å². The van der Waals surface area contributed by atoms with Crippen molar-refractivity contribution in [3.63, 3.8) is 0 Å². The van der Waals surface area contributed by atoms with Crippen LogP contribution < -0.4 is 4.89 Å². The normalized spacial score (nSPS) is 24.3. The van der Waals surface area contributed by atoms with Gasteiger partial charge in [-0.15, -0.1) is 0 Å². The SMILES string of the molecule is C[N+](C)(C)CCOP(=O)([O-])OC[C@H]1COCCCCCCCCCCCCCCCCCCCCCCCCCCCCCCCCO1. The molecular formula is C40H82NO6P. The zero-order chi connectivity index (χ0) is 34.9. The van der Waals surface area contributed by atoms with E-state index in [1.54, 1.807) is 0 Å². The molecule has 288 valence electrons. The van der Waals surface area contributed by atoms with Crippen LogP contribution in [-0.2, 0) is 23.1 Å². The van der Waals surface area contributed by atoms with Crippen LogP contribution in [-0.4, -0.2) is 71.3 Å². The molecule has 0 radical (unpaired) electrons. The number of phosphoric acid groups is 1. The molecule has 0 spiro atoms. The molecule has 48 heavy (non-hydrogen) atoms. The second-order valence-electron chi connectivity index (χ2n) is 15.8. The van der Waals surface area contributed by atoms with Gasteiger partial charge in [-0.3, -0.25) is 4.57 Å². The highest BCUT2D eigenvalue weighted by atomic mass is 31.2. The standard InChI is InChI=1S/C40H82NO6P/c1-41(2,3)34-37-46-48(42,43)47-39-40-38-44-35-32-30-28-26-24-22-20-18-16-14-12-10-8-6-4-5-7-9-11-13-15-17-19-21-23-25-27-29-31-33-36-45-40/h40H,4-39H2,1-3H3/t40-/m1/s1. The average molecular weight is 704 g/mol. The van der Waals surface area contributed by atoms with Gasteiger partial charge in [0.1, 0.15) is 19.3 Å². The van der Waals surface area contributed by atoms with Crippen molar-refractivity contribution in [3.8, 4) is 0 Å². The minimum atomic E-state index is -4.38. The molecule has 1 unspecified atom stereocenters. The third kappa shape index (κ3) is 34.4. The second kappa shape index (κ2) is 32.9. The Hall–Kier alpha value is -0.0100. The van der Waals surface area contributed by atoms with Crippen LogP contribution in [0, 0.1) is 0 Å². The molecule has 7 nitrogen and oxygen atoms in total. The van der Waals surface area contributed by atoms with E-state index in [2.05, 4.69) is 0 Å². The van der Waals surface area contributed by atoms with Crippen LogP contribution in [0.15, 0.2) is 0 Å². The van der Waals surface area contributed by atoms with Gasteiger partial charge in [-0.1, -0.05) is 180 Å².